The summed E-state index contributed by atoms with van der Waals surface area (Å²) in [5.41, 5.74) is 0.955. The summed E-state index contributed by atoms with van der Waals surface area (Å²) in [4.78, 5) is 6.99. The second kappa shape index (κ2) is 6.95. The zero-order valence-electron chi connectivity index (χ0n) is 13.4. The molecule has 0 aliphatic carbocycles. The van der Waals surface area contributed by atoms with E-state index in [9.17, 15) is 0 Å². The van der Waals surface area contributed by atoms with E-state index in [1.807, 2.05) is 12.1 Å². The van der Waals surface area contributed by atoms with Crippen LogP contribution in [0.3, 0.4) is 0 Å². The highest BCUT2D eigenvalue weighted by molar-refractivity contribution is 6.31. The molecule has 0 aromatic carbocycles. The van der Waals surface area contributed by atoms with Crippen molar-refractivity contribution in [3.8, 4) is 0 Å². The van der Waals surface area contributed by atoms with Gasteiger partial charge < -0.3 is 15.0 Å². The third-order valence-corrected chi connectivity index (χ3v) is 4.13. The molecule has 21 heavy (non-hydrogen) atoms. The van der Waals surface area contributed by atoms with Crippen LogP contribution in [0.4, 0.5) is 5.82 Å². The van der Waals surface area contributed by atoms with Gasteiger partial charge in [-0.2, -0.15) is 0 Å². The number of rotatable bonds is 4. The Bertz CT molecular complexity index is 467. The molecule has 0 bridgehead atoms. The predicted octanol–water partition coefficient (Wildman–Crippen LogP) is 3.24. The summed E-state index contributed by atoms with van der Waals surface area (Å²) < 4.78 is 5.43. The smallest absolute Gasteiger partial charge is 0.128 e. The van der Waals surface area contributed by atoms with Crippen molar-refractivity contribution in [2.75, 3.05) is 25.2 Å². The van der Waals surface area contributed by atoms with Gasteiger partial charge in [-0.25, -0.2) is 4.98 Å². The fraction of sp³-hybridized carbons (Fsp3) is 0.688. The van der Waals surface area contributed by atoms with Crippen LogP contribution < -0.4 is 10.2 Å². The standard InChI is InChI=1S/C16H26ClN3O/c1-16(2,3)18-11-14-13(17)5-6-15(19-14)20(4)12-7-9-21-10-8-12/h5-6,12,18H,7-11H2,1-4H3. The maximum atomic E-state index is 6.27. The molecular weight excluding hydrogens is 286 g/mol. The van der Waals surface area contributed by atoms with Crippen molar-refractivity contribution >= 4 is 17.4 Å². The quantitative estimate of drug-likeness (QED) is 0.926. The molecule has 2 heterocycles. The van der Waals surface area contributed by atoms with Gasteiger partial charge in [-0.15, -0.1) is 0 Å². The van der Waals surface area contributed by atoms with Crippen LogP contribution in [0.15, 0.2) is 12.1 Å². The number of halogens is 1. The van der Waals surface area contributed by atoms with Crippen LogP contribution in [0.25, 0.3) is 0 Å². The molecule has 2 rings (SSSR count). The first-order valence-corrected chi connectivity index (χ1v) is 7.95. The third-order valence-electron chi connectivity index (χ3n) is 3.79. The molecule has 1 aromatic rings. The molecule has 0 spiro atoms. The normalized spacial score (nSPS) is 17.0. The van der Waals surface area contributed by atoms with Gasteiger partial charge in [-0.3, -0.25) is 0 Å². The maximum absolute atomic E-state index is 6.27. The number of hydrogen-bond acceptors (Lipinski definition) is 4. The SMILES string of the molecule is CN(c1ccc(Cl)c(CNC(C)(C)C)n1)C1CCOCC1. The lowest BCUT2D eigenvalue weighted by Crippen LogP contribution is -2.38. The van der Waals surface area contributed by atoms with Crippen molar-refractivity contribution in [2.45, 2.75) is 51.7 Å². The summed E-state index contributed by atoms with van der Waals surface area (Å²) in [5.74, 6) is 0.983. The Morgan fingerprint density at radius 2 is 2.00 bits per heavy atom. The molecule has 118 valence electrons. The molecule has 1 N–H and O–H groups in total. The molecule has 0 amide bonds. The largest absolute Gasteiger partial charge is 0.381 e. The first-order chi connectivity index (χ1) is 9.87. The van der Waals surface area contributed by atoms with Crippen LogP contribution in [0.5, 0.6) is 0 Å². The number of ether oxygens (including phenoxy) is 1. The van der Waals surface area contributed by atoms with Crippen LogP contribution in [0, 0.1) is 0 Å². The van der Waals surface area contributed by atoms with Gasteiger partial charge in [0.25, 0.3) is 0 Å². The number of hydrogen-bond donors (Lipinski definition) is 1. The van der Waals surface area contributed by atoms with E-state index in [0.717, 1.165) is 42.6 Å². The molecule has 1 saturated heterocycles. The van der Waals surface area contributed by atoms with Gasteiger partial charge in [0.2, 0.25) is 0 Å². The summed E-state index contributed by atoms with van der Waals surface area (Å²) in [6, 6.07) is 4.44. The lowest BCUT2D eigenvalue weighted by atomic mass is 10.1. The van der Waals surface area contributed by atoms with E-state index in [1.54, 1.807) is 0 Å². The molecule has 0 radical (unpaired) electrons. The van der Waals surface area contributed by atoms with E-state index >= 15 is 0 Å². The molecule has 0 unspecified atom stereocenters. The Balaban J connectivity index is 2.09. The molecule has 1 fully saturated rings. The molecule has 1 aliphatic heterocycles. The number of nitrogens with zero attached hydrogens (tertiary/aromatic N) is 2. The topological polar surface area (TPSA) is 37.4 Å². The van der Waals surface area contributed by atoms with Crippen LogP contribution in [0.1, 0.15) is 39.3 Å². The first-order valence-electron chi connectivity index (χ1n) is 7.58. The predicted molar refractivity (Wildman–Crippen MR) is 88.1 cm³/mol. The zero-order chi connectivity index (χ0) is 15.5. The molecule has 0 saturated carbocycles. The summed E-state index contributed by atoms with van der Waals surface area (Å²) in [6.45, 7) is 8.76. The number of anilines is 1. The van der Waals surface area contributed by atoms with Crippen LogP contribution in [-0.4, -0.2) is 36.8 Å². The second-order valence-corrected chi connectivity index (χ2v) is 7.06. The highest BCUT2D eigenvalue weighted by Gasteiger charge is 2.20. The molecule has 1 aliphatic rings. The lowest BCUT2D eigenvalue weighted by molar-refractivity contribution is 0.0853. The van der Waals surface area contributed by atoms with Crippen LogP contribution in [-0.2, 0) is 11.3 Å². The van der Waals surface area contributed by atoms with Crippen molar-refractivity contribution in [3.63, 3.8) is 0 Å². The highest BCUT2D eigenvalue weighted by Crippen LogP contribution is 2.23. The number of pyridine rings is 1. The summed E-state index contributed by atoms with van der Waals surface area (Å²) in [7, 11) is 2.10. The van der Waals surface area contributed by atoms with Crippen molar-refractivity contribution < 1.29 is 4.74 Å². The zero-order valence-corrected chi connectivity index (χ0v) is 14.2. The molecule has 5 heteroatoms. The molecule has 0 atom stereocenters. The van der Waals surface area contributed by atoms with Gasteiger partial charge >= 0.3 is 0 Å². The van der Waals surface area contributed by atoms with Crippen molar-refractivity contribution in [1.29, 1.82) is 0 Å². The maximum Gasteiger partial charge on any atom is 0.128 e. The summed E-state index contributed by atoms with van der Waals surface area (Å²) >= 11 is 6.27. The Hall–Kier alpha value is -0.840. The Kier molecular flexibility index (Phi) is 5.47. The van der Waals surface area contributed by atoms with Gasteiger partial charge in [0.05, 0.1) is 10.7 Å². The van der Waals surface area contributed by atoms with E-state index in [4.69, 9.17) is 21.3 Å². The summed E-state index contributed by atoms with van der Waals surface area (Å²) in [6.07, 6.45) is 2.10. The minimum atomic E-state index is 0.0492. The van der Waals surface area contributed by atoms with E-state index < -0.39 is 0 Å². The van der Waals surface area contributed by atoms with Crippen molar-refractivity contribution in [1.82, 2.24) is 10.3 Å². The van der Waals surface area contributed by atoms with Crippen LogP contribution in [0.2, 0.25) is 5.02 Å². The van der Waals surface area contributed by atoms with Crippen LogP contribution >= 0.6 is 11.6 Å². The van der Waals surface area contributed by atoms with Crippen molar-refractivity contribution in [3.05, 3.63) is 22.8 Å². The van der Waals surface area contributed by atoms with Gasteiger partial charge in [-0.05, 0) is 45.7 Å². The first kappa shape index (κ1) is 16.5. The average Bonchev–Trinajstić information content (AvgIpc) is 2.46. The Labute approximate surface area is 132 Å². The van der Waals surface area contributed by atoms with E-state index in [2.05, 4.69) is 38.0 Å². The van der Waals surface area contributed by atoms with Gasteiger partial charge in [0.1, 0.15) is 5.82 Å². The Morgan fingerprint density at radius 1 is 1.33 bits per heavy atom. The van der Waals surface area contributed by atoms with E-state index in [-0.39, 0.29) is 5.54 Å². The third kappa shape index (κ3) is 4.83. The molecule has 1 aromatic heterocycles. The van der Waals surface area contributed by atoms with E-state index in [1.165, 1.54) is 0 Å². The van der Waals surface area contributed by atoms with Gasteiger partial charge in [0.15, 0.2) is 0 Å². The molecule has 4 nitrogen and oxygen atoms in total. The van der Waals surface area contributed by atoms with Gasteiger partial charge in [-0.1, -0.05) is 11.6 Å². The summed E-state index contributed by atoms with van der Waals surface area (Å²) in [5, 5.41) is 4.16. The number of nitrogens with one attached hydrogen (secondary N) is 1. The Morgan fingerprint density at radius 3 is 2.62 bits per heavy atom. The fourth-order valence-electron chi connectivity index (χ4n) is 2.40. The second-order valence-electron chi connectivity index (χ2n) is 6.66. The lowest BCUT2D eigenvalue weighted by Gasteiger charge is -2.32. The highest BCUT2D eigenvalue weighted by atomic mass is 35.5. The van der Waals surface area contributed by atoms with Crippen molar-refractivity contribution in [2.24, 2.45) is 0 Å². The number of aromatic nitrogens is 1. The minimum absolute atomic E-state index is 0.0492. The minimum Gasteiger partial charge on any atom is -0.381 e. The average molecular weight is 312 g/mol. The molecular formula is C16H26ClN3O. The van der Waals surface area contributed by atoms with Gasteiger partial charge in [0, 0.05) is 38.4 Å². The van der Waals surface area contributed by atoms with E-state index in [0.29, 0.717) is 12.6 Å². The fourth-order valence-corrected chi connectivity index (χ4v) is 2.57. The monoisotopic (exact) mass is 311 g/mol.